The molecule has 0 aliphatic carbocycles. The summed E-state index contributed by atoms with van der Waals surface area (Å²) in [5.41, 5.74) is 7.49. The van der Waals surface area contributed by atoms with E-state index < -0.39 is 0 Å². The molecular weight excluding hydrogens is 278 g/mol. The third-order valence-electron chi connectivity index (χ3n) is 2.80. The molecule has 0 aliphatic heterocycles. The van der Waals surface area contributed by atoms with Gasteiger partial charge in [-0.25, -0.2) is 4.98 Å². The fraction of sp³-hybridized carbons (Fsp3) is 0.143. The molecule has 2 aromatic rings. The molecule has 1 aromatic carbocycles. The standard InChI is InChI=1S/C14H14ClN3O2/c1-8-5-13(17-7-11(8)16)18-14(19)10-4-3-9(15)6-12(10)20-2/h3-7H,16H2,1-2H3,(H,17,18,19). The van der Waals surface area contributed by atoms with Gasteiger partial charge in [0, 0.05) is 5.02 Å². The number of pyridine rings is 1. The van der Waals surface area contributed by atoms with Crippen LogP contribution >= 0.6 is 11.6 Å². The summed E-state index contributed by atoms with van der Waals surface area (Å²) >= 11 is 5.86. The minimum absolute atomic E-state index is 0.324. The average Bonchev–Trinajstić information content (AvgIpc) is 2.42. The highest BCUT2D eigenvalue weighted by molar-refractivity contribution is 6.31. The predicted molar refractivity (Wildman–Crippen MR) is 79.3 cm³/mol. The highest BCUT2D eigenvalue weighted by atomic mass is 35.5. The second kappa shape index (κ2) is 5.79. The predicted octanol–water partition coefficient (Wildman–Crippen LogP) is 2.89. The number of nitrogens with two attached hydrogens (primary N) is 1. The van der Waals surface area contributed by atoms with Crippen molar-refractivity contribution in [2.24, 2.45) is 0 Å². The molecule has 0 unspecified atom stereocenters. The molecular formula is C14H14ClN3O2. The molecule has 0 spiro atoms. The van der Waals surface area contributed by atoms with Crippen molar-refractivity contribution in [3.05, 3.63) is 46.6 Å². The van der Waals surface area contributed by atoms with Gasteiger partial charge in [0.1, 0.15) is 11.6 Å². The summed E-state index contributed by atoms with van der Waals surface area (Å²) in [4.78, 5) is 16.2. The van der Waals surface area contributed by atoms with Crippen molar-refractivity contribution in [2.75, 3.05) is 18.2 Å². The Balaban J connectivity index is 2.25. The second-order valence-electron chi connectivity index (χ2n) is 4.22. The lowest BCUT2D eigenvalue weighted by Crippen LogP contribution is -2.14. The van der Waals surface area contributed by atoms with E-state index in [0.717, 1.165) is 5.56 Å². The number of nitrogens with zero attached hydrogens (tertiary/aromatic N) is 1. The first-order chi connectivity index (χ1) is 9.51. The number of carbonyl (C=O) groups excluding carboxylic acids is 1. The van der Waals surface area contributed by atoms with Crippen LogP contribution in [0, 0.1) is 6.92 Å². The quantitative estimate of drug-likeness (QED) is 0.911. The smallest absolute Gasteiger partial charge is 0.260 e. The Hall–Kier alpha value is -2.27. The van der Waals surface area contributed by atoms with Crippen LogP contribution in [0.25, 0.3) is 0 Å². The Bertz CT molecular complexity index is 659. The number of carbonyl (C=O) groups is 1. The van der Waals surface area contributed by atoms with Crippen LogP contribution in [0.2, 0.25) is 5.02 Å². The molecule has 6 heteroatoms. The van der Waals surface area contributed by atoms with Gasteiger partial charge in [-0.05, 0) is 36.8 Å². The first kappa shape index (κ1) is 14.1. The van der Waals surface area contributed by atoms with Gasteiger partial charge in [0.15, 0.2) is 0 Å². The molecule has 0 saturated heterocycles. The number of halogens is 1. The van der Waals surface area contributed by atoms with Crippen LogP contribution in [-0.4, -0.2) is 18.0 Å². The molecule has 0 radical (unpaired) electrons. The fourth-order valence-corrected chi connectivity index (χ4v) is 1.83. The third-order valence-corrected chi connectivity index (χ3v) is 3.04. The molecule has 1 heterocycles. The zero-order valence-electron chi connectivity index (χ0n) is 11.1. The summed E-state index contributed by atoms with van der Waals surface area (Å²) in [5, 5.41) is 3.19. The molecule has 5 nitrogen and oxygen atoms in total. The van der Waals surface area contributed by atoms with Crippen LogP contribution < -0.4 is 15.8 Å². The number of rotatable bonds is 3. The minimum Gasteiger partial charge on any atom is -0.496 e. The van der Waals surface area contributed by atoms with Crippen molar-refractivity contribution >= 4 is 29.0 Å². The van der Waals surface area contributed by atoms with Crippen LogP contribution in [0.4, 0.5) is 11.5 Å². The van der Waals surface area contributed by atoms with Gasteiger partial charge in [-0.15, -0.1) is 0 Å². The maximum atomic E-state index is 12.2. The van der Waals surface area contributed by atoms with E-state index in [0.29, 0.717) is 27.8 Å². The van der Waals surface area contributed by atoms with Crippen molar-refractivity contribution in [3.63, 3.8) is 0 Å². The second-order valence-corrected chi connectivity index (χ2v) is 4.66. The van der Waals surface area contributed by atoms with Crippen LogP contribution in [0.5, 0.6) is 5.75 Å². The zero-order chi connectivity index (χ0) is 14.7. The van der Waals surface area contributed by atoms with Crippen molar-refractivity contribution in [2.45, 2.75) is 6.92 Å². The molecule has 0 aliphatic rings. The van der Waals surface area contributed by atoms with E-state index in [2.05, 4.69) is 10.3 Å². The normalized spacial score (nSPS) is 10.2. The number of aromatic nitrogens is 1. The number of nitrogens with one attached hydrogen (secondary N) is 1. The van der Waals surface area contributed by atoms with Crippen LogP contribution in [-0.2, 0) is 0 Å². The van der Waals surface area contributed by atoms with Crippen molar-refractivity contribution in [3.8, 4) is 5.75 Å². The molecule has 20 heavy (non-hydrogen) atoms. The molecule has 0 fully saturated rings. The number of hydrogen-bond acceptors (Lipinski definition) is 4. The molecule has 104 valence electrons. The highest BCUT2D eigenvalue weighted by Crippen LogP contribution is 2.24. The Morgan fingerprint density at radius 3 is 2.80 bits per heavy atom. The number of methoxy groups -OCH3 is 1. The van der Waals surface area contributed by atoms with E-state index >= 15 is 0 Å². The third kappa shape index (κ3) is 3.00. The first-order valence-electron chi connectivity index (χ1n) is 5.88. The summed E-state index contributed by atoms with van der Waals surface area (Å²) in [5.74, 6) is 0.510. The molecule has 3 N–H and O–H groups in total. The number of benzene rings is 1. The van der Waals surface area contributed by atoms with Gasteiger partial charge in [0.2, 0.25) is 0 Å². The maximum absolute atomic E-state index is 12.2. The molecule has 0 atom stereocenters. The maximum Gasteiger partial charge on any atom is 0.260 e. The Labute approximate surface area is 121 Å². The van der Waals surface area contributed by atoms with Gasteiger partial charge in [0.25, 0.3) is 5.91 Å². The van der Waals surface area contributed by atoms with E-state index in [9.17, 15) is 4.79 Å². The Morgan fingerprint density at radius 2 is 2.15 bits per heavy atom. The van der Waals surface area contributed by atoms with Crippen molar-refractivity contribution in [1.29, 1.82) is 0 Å². The number of ether oxygens (including phenoxy) is 1. The van der Waals surface area contributed by atoms with Gasteiger partial charge in [-0.2, -0.15) is 0 Å². The number of amides is 1. The van der Waals surface area contributed by atoms with E-state index in [-0.39, 0.29) is 5.91 Å². The van der Waals surface area contributed by atoms with Crippen LogP contribution in [0.3, 0.4) is 0 Å². The molecule has 1 amide bonds. The highest BCUT2D eigenvalue weighted by Gasteiger charge is 2.13. The summed E-state index contributed by atoms with van der Waals surface area (Å²) in [7, 11) is 1.48. The van der Waals surface area contributed by atoms with E-state index in [4.69, 9.17) is 22.1 Å². The van der Waals surface area contributed by atoms with Crippen LogP contribution in [0.1, 0.15) is 15.9 Å². The van der Waals surface area contributed by atoms with Crippen LogP contribution in [0.15, 0.2) is 30.5 Å². The monoisotopic (exact) mass is 291 g/mol. The summed E-state index contributed by atoms with van der Waals surface area (Å²) in [6.07, 6.45) is 1.50. The van der Waals surface area contributed by atoms with E-state index in [1.165, 1.54) is 13.3 Å². The van der Waals surface area contributed by atoms with E-state index in [1.54, 1.807) is 24.3 Å². The lowest BCUT2D eigenvalue weighted by atomic mass is 10.2. The topological polar surface area (TPSA) is 77.2 Å². The summed E-state index contributed by atoms with van der Waals surface area (Å²) in [6, 6.07) is 6.51. The van der Waals surface area contributed by atoms with Gasteiger partial charge in [-0.3, -0.25) is 4.79 Å². The van der Waals surface area contributed by atoms with E-state index in [1.807, 2.05) is 6.92 Å². The number of aryl methyl sites for hydroxylation is 1. The number of nitrogen functional groups attached to an aromatic ring is 1. The first-order valence-corrected chi connectivity index (χ1v) is 6.26. The number of anilines is 2. The zero-order valence-corrected chi connectivity index (χ0v) is 11.9. The molecule has 2 rings (SSSR count). The number of hydrogen-bond donors (Lipinski definition) is 2. The molecule has 0 bridgehead atoms. The van der Waals surface area contributed by atoms with Gasteiger partial charge in [-0.1, -0.05) is 11.6 Å². The van der Waals surface area contributed by atoms with Crippen molar-refractivity contribution < 1.29 is 9.53 Å². The average molecular weight is 292 g/mol. The largest absolute Gasteiger partial charge is 0.496 e. The fourth-order valence-electron chi connectivity index (χ4n) is 1.67. The Morgan fingerprint density at radius 1 is 1.40 bits per heavy atom. The van der Waals surface area contributed by atoms with Gasteiger partial charge in [0.05, 0.1) is 24.6 Å². The lowest BCUT2D eigenvalue weighted by molar-refractivity contribution is 0.102. The van der Waals surface area contributed by atoms with Gasteiger partial charge >= 0.3 is 0 Å². The molecule has 1 aromatic heterocycles. The Kier molecular flexibility index (Phi) is 4.10. The van der Waals surface area contributed by atoms with Crippen molar-refractivity contribution in [1.82, 2.24) is 4.98 Å². The SMILES string of the molecule is COc1cc(Cl)ccc1C(=O)Nc1cc(C)c(N)cn1. The minimum atomic E-state index is -0.324. The summed E-state index contributed by atoms with van der Waals surface area (Å²) < 4.78 is 5.14. The summed E-state index contributed by atoms with van der Waals surface area (Å²) in [6.45, 7) is 1.84. The van der Waals surface area contributed by atoms with Gasteiger partial charge < -0.3 is 15.8 Å². The molecule has 0 saturated carbocycles. The lowest BCUT2D eigenvalue weighted by Gasteiger charge is -2.10.